The summed E-state index contributed by atoms with van der Waals surface area (Å²) in [4.78, 5) is 20.0. The van der Waals surface area contributed by atoms with E-state index in [2.05, 4.69) is 53.5 Å². The summed E-state index contributed by atoms with van der Waals surface area (Å²) in [6.45, 7) is 9.17. The van der Waals surface area contributed by atoms with Gasteiger partial charge < -0.3 is 19.5 Å². The number of fused-ring (bicyclic) bond motifs is 9. The predicted molar refractivity (Wildman–Crippen MR) is 185 cm³/mol. The summed E-state index contributed by atoms with van der Waals surface area (Å²) >= 11 is 7.36. The van der Waals surface area contributed by atoms with E-state index in [1.807, 2.05) is 58.0 Å². The minimum atomic E-state index is -1.32. The molecule has 0 fully saturated rings. The Kier molecular flexibility index (Phi) is 8.02. The second-order valence-corrected chi connectivity index (χ2v) is 13.4. The summed E-state index contributed by atoms with van der Waals surface area (Å²) < 4.78 is 14.0. The molecular weight excluding hydrogens is 612 g/mol. The number of anilines is 1. The first-order valence-corrected chi connectivity index (χ1v) is 16.3. The molecule has 3 aromatic carbocycles. The van der Waals surface area contributed by atoms with Crippen molar-refractivity contribution in [3.63, 3.8) is 0 Å². The minimum Gasteiger partial charge on any atom is -0.490 e. The van der Waals surface area contributed by atoms with Crippen LogP contribution in [-0.4, -0.2) is 51.0 Å². The number of halogens is 1. The van der Waals surface area contributed by atoms with Crippen LogP contribution in [0.5, 0.6) is 5.75 Å². The first-order chi connectivity index (χ1) is 22.6. The lowest BCUT2D eigenvalue weighted by Gasteiger charge is -2.32. The molecule has 0 amide bonds. The third-order valence-electron chi connectivity index (χ3n) is 8.57. The number of hydrogen-bond acceptors (Lipinski definition) is 6. The van der Waals surface area contributed by atoms with Crippen molar-refractivity contribution < 1.29 is 19.4 Å². The van der Waals surface area contributed by atoms with Gasteiger partial charge in [0.05, 0.1) is 34.2 Å². The van der Waals surface area contributed by atoms with Gasteiger partial charge in [-0.1, -0.05) is 66.2 Å². The van der Waals surface area contributed by atoms with Gasteiger partial charge in [-0.25, -0.2) is 14.3 Å². The van der Waals surface area contributed by atoms with E-state index < -0.39 is 17.7 Å². The van der Waals surface area contributed by atoms with Crippen LogP contribution in [0.25, 0.3) is 39.3 Å². The van der Waals surface area contributed by atoms with Gasteiger partial charge in [0.2, 0.25) is 0 Å². The Balaban J connectivity index is 1.53. The van der Waals surface area contributed by atoms with Crippen molar-refractivity contribution in [3.8, 4) is 39.4 Å². The number of carboxylic acid groups (broad SMARTS) is 1. The first-order valence-electron chi connectivity index (χ1n) is 15.9. The number of hydrogen-bond donors (Lipinski definition) is 1. The van der Waals surface area contributed by atoms with Gasteiger partial charge in [-0.2, -0.15) is 5.10 Å². The maximum atomic E-state index is 12.9. The van der Waals surface area contributed by atoms with Crippen molar-refractivity contribution in [3.05, 3.63) is 101 Å². The largest absolute Gasteiger partial charge is 0.490 e. The summed E-state index contributed by atoms with van der Waals surface area (Å²) in [7, 11) is 0. The Bertz CT molecular complexity index is 2040. The molecule has 4 heterocycles. The number of benzene rings is 3. The molecular formula is C38H37ClN4O4. The SMILES string of the molecule is Cc1nc2cc3nn2c(c1[C@H](OC(C)(C)C)C(=O)O)-c1ccc2c(c1Cl)N(C/C=C\CCc1cccc(c1)-c1cccc-3c1)CCO2. The lowest BCUT2D eigenvalue weighted by Crippen LogP contribution is -2.33. The zero-order valence-electron chi connectivity index (χ0n) is 27.0. The molecule has 0 radical (unpaired) electrons. The highest BCUT2D eigenvalue weighted by Gasteiger charge is 2.35. The Morgan fingerprint density at radius 1 is 1.02 bits per heavy atom. The van der Waals surface area contributed by atoms with Gasteiger partial charge in [0.1, 0.15) is 12.4 Å². The van der Waals surface area contributed by atoms with E-state index in [0.29, 0.717) is 64.3 Å². The van der Waals surface area contributed by atoms with Crippen molar-refractivity contribution in [1.82, 2.24) is 14.6 Å². The maximum absolute atomic E-state index is 12.9. The summed E-state index contributed by atoms with van der Waals surface area (Å²) in [5.74, 6) is -0.439. The minimum absolute atomic E-state index is 0.399. The maximum Gasteiger partial charge on any atom is 0.337 e. The average Bonchev–Trinajstić information content (AvgIpc) is 3.46. The van der Waals surface area contributed by atoms with Crippen LogP contribution < -0.4 is 9.64 Å². The third kappa shape index (κ3) is 5.99. The molecule has 8 nitrogen and oxygen atoms in total. The fraction of sp³-hybridized carbons (Fsp3) is 0.289. The number of aromatic nitrogens is 3. The zero-order chi connectivity index (χ0) is 32.9. The zero-order valence-corrected chi connectivity index (χ0v) is 27.7. The van der Waals surface area contributed by atoms with E-state index in [4.69, 9.17) is 31.2 Å². The lowest BCUT2D eigenvalue weighted by atomic mass is 9.97. The second-order valence-electron chi connectivity index (χ2n) is 13.1. The predicted octanol–water partition coefficient (Wildman–Crippen LogP) is 8.33. The molecule has 1 atom stereocenters. The molecule has 2 aromatic heterocycles. The molecule has 5 aromatic rings. The van der Waals surface area contributed by atoms with Gasteiger partial charge >= 0.3 is 5.97 Å². The molecule has 8 bridgehead atoms. The fourth-order valence-electron chi connectivity index (χ4n) is 6.47. The van der Waals surface area contributed by atoms with Gasteiger partial charge in [0, 0.05) is 35.0 Å². The van der Waals surface area contributed by atoms with Gasteiger partial charge in [0.15, 0.2) is 11.8 Å². The standard InChI is InChI=1S/C38H37ClN4O4/c1-23-32(36(37(44)45)47-38(2,3)4)34-28-15-16-30-35(33(28)39)42(18-19-46-30)17-7-5-6-10-24-11-8-12-25(20-24)26-13-9-14-27(21-26)29-22-31(40-23)43(34)41-29/h5,7-9,11-16,20-22,36H,6,10,17-19H2,1-4H3,(H,44,45)/b7-5-/t36-/m0/s1. The molecule has 0 saturated heterocycles. The Labute approximate surface area is 279 Å². The summed E-state index contributed by atoms with van der Waals surface area (Å²) in [5, 5.41) is 16.1. The van der Waals surface area contributed by atoms with Crippen molar-refractivity contribution in [1.29, 1.82) is 0 Å². The van der Waals surface area contributed by atoms with Crippen LogP contribution in [0.2, 0.25) is 5.02 Å². The Morgan fingerprint density at radius 2 is 1.79 bits per heavy atom. The highest BCUT2D eigenvalue weighted by atomic mass is 35.5. The van der Waals surface area contributed by atoms with Crippen molar-refractivity contribution >= 4 is 28.9 Å². The smallest absolute Gasteiger partial charge is 0.337 e. The monoisotopic (exact) mass is 648 g/mol. The number of aryl methyl sites for hydroxylation is 2. The molecule has 0 unspecified atom stereocenters. The van der Waals surface area contributed by atoms with Crippen LogP contribution in [0.1, 0.15) is 50.1 Å². The Hall–Kier alpha value is -4.66. The highest BCUT2D eigenvalue weighted by molar-refractivity contribution is 6.36. The molecule has 240 valence electrons. The number of nitrogens with zero attached hydrogens (tertiary/aromatic N) is 4. The van der Waals surface area contributed by atoms with E-state index >= 15 is 0 Å². The van der Waals surface area contributed by atoms with Gasteiger partial charge in [-0.15, -0.1) is 0 Å². The van der Waals surface area contributed by atoms with E-state index in [0.717, 1.165) is 35.2 Å². The summed E-state index contributed by atoms with van der Waals surface area (Å²) in [5.41, 5.74) is 7.77. The molecule has 0 spiro atoms. The summed E-state index contributed by atoms with van der Waals surface area (Å²) in [6, 6.07) is 22.7. The van der Waals surface area contributed by atoms with Gasteiger partial charge in [-0.05, 0) is 75.4 Å². The molecule has 9 heteroatoms. The molecule has 0 aliphatic carbocycles. The van der Waals surface area contributed by atoms with E-state index in [1.165, 1.54) is 5.56 Å². The molecule has 0 saturated carbocycles. The molecule has 1 N–H and O–H groups in total. The summed E-state index contributed by atoms with van der Waals surface area (Å²) in [6.07, 6.45) is 4.91. The number of allylic oxidation sites excluding steroid dienone is 1. The van der Waals surface area contributed by atoms with Crippen LogP contribution in [-0.2, 0) is 16.0 Å². The first kappa shape index (κ1) is 31.0. The van der Waals surface area contributed by atoms with Crippen LogP contribution in [0.3, 0.4) is 0 Å². The van der Waals surface area contributed by atoms with Gasteiger partial charge in [-0.3, -0.25) is 0 Å². The Morgan fingerprint density at radius 3 is 2.57 bits per heavy atom. The molecule has 2 aliphatic heterocycles. The highest BCUT2D eigenvalue weighted by Crippen LogP contribution is 2.46. The van der Waals surface area contributed by atoms with Crippen LogP contribution in [0.4, 0.5) is 5.69 Å². The topological polar surface area (TPSA) is 89.2 Å². The van der Waals surface area contributed by atoms with E-state index in [1.54, 1.807) is 4.52 Å². The van der Waals surface area contributed by atoms with Crippen molar-refractivity contribution in [2.75, 3.05) is 24.6 Å². The number of rotatable bonds is 3. The van der Waals surface area contributed by atoms with Crippen LogP contribution in [0, 0.1) is 6.92 Å². The number of ether oxygens (including phenoxy) is 2. The van der Waals surface area contributed by atoms with Gasteiger partial charge in [0.25, 0.3) is 0 Å². The normalized spacial score (nSPS) is 15.8. The fourth-order valence-corrected chi connectivity index (χ4v) is 6.83. The number of aliphatic carboxylic acids is 1. The van der Waals surface area contributed by atoms with E-state index in [-0.39, 0.29) is 0 Å². The van der Waals surface area contributed by atoms with Crippen molar-refractivity contribution in [2.45, 2.75) is 52.2 Å². The third-order valence-corrected chi connectivity index (χ3v) is 8.95. The number of carboxylic acids is 1. The van der Waals surface area contributed by atoms with E-state index in [9.17, 15) is 9.90 Å². The molecule has 7 rings (SSSR count). The van der Waals surface area contributed by atoms with Crippen LogP contribution in [0.15, 0.2) is 78.9 Å². The quantitative estimate of drug-likeness (QED) is 0.197. The lowest BCUT2D eigenvalue weighted by molar-refractivity contribution is -0.160. The number of carbonyl (C=O) groups is 1. The second kappa shape index (κ2) is 12.2. The van der Waals surface area contributed by atoms with Crippen molar-refractivity contribution in [2.24, 2.45) is 0 Å². The van der Waals surface area contributed by atoms with Crippen LogP contribution >= 0.6 is 11.6 Å². The molecule has 47 heavy (non-hydrogen) atoms. The average molecular weight is 649 g/mol. The molecule has 2 aliphatic rings.